The van der Waals surface area contributed by atoms with Gasteiger partial charge in [0, 0.05) is 23.6 Å². The molecule has 2 aromatic rings. The maximum atomic E-state index is 14.3. The lowest BCUT2D eigenvalue weighted by Crippen LogP contribution is -2.71. The van der Waals surface area contributed by atoms with Crippen LogP contribution >= 0.6 is 0 Å². The van der Waals surface area contributed by atoms with E-state index >= 15 is 0 Å². The number of alkyl halides is 1. The predicted molar refractivity (Wildman–Crippen MR) is 120 cm³/mol. The molecule has 4 bridgehead atoms. The first-order chi connectivity index (χ1) is 16.4. The Morgan fingerprint density at radius 3 is 2.59 bits per heavy atom. The van der Waals surface area contributed by atoms with Crippen molar-refractivity contribution in [3.8, 4) is 0 Å². The number of halogens is 1. The number of anilines is 1. The Morgan fingerprint density at radius 2 is 1.97 bits per heavy atom. The van der Waals surface area contributed by atoms with Crippen LogP contribution in [0.25, 0.3) is 4.85 Å². The predicted octanol–water partition coefficient (Wildman–Crippen LogP) is 5.21. The molecule has 2 saturated heterocycles. The quantitative estimate of drug-likeness (QED) is 0.551. The van der Waals surface area contributed by atoms with Gasteiger partial charge in [0.2, 0.25) is 5.91 Å². The van der Waals surface area contributed by atoms with Gasteiger partial charge in [0.05, 0.1) is 18.6 Å². The van der Waals surface area contributed by atoms with Crippen LogP contribution in [-0.2, 0) is 15.1 Å². The van der Waals surface area contributed by atoms with Crippen molar-refractivity contribution in [3.63, 3.8) is 0 Å². The maximum absolute atomic E-state index is 14.3. The molecule has 1 amide bonds. The maximum Gasteiger partial charge on any atom is 0.258 e. The minimum absolute atomic E-state index is 0.00285. The highest BCUT2D eigenvalue weighted by molar-refractivity contribution is 6.00. The van der Waals surface area contributed by atoms with E-state index in [-0.39, 0.29) is 11.3 Å². The van der Waals surface area contributed by atoms with Crippen molar-refractivity contribution in [1.82, 2.24) is 10.1 Å². The summed E-state index contributed by atoms with van der Waals surface area (Å²) in [6.45, 7) is 8.42. The Balaban J connectivity index is 1.14. The molecular formula is C26H27FN4O3. The van der Waals surface area contributed by atoms with Gasteiger partial charge >= 0.3 is 0 Å². The first kappa shape index (κ1) is 20.6. The molecule has 5 aliphatic carbocycles. The molecule has 34 heavy (non-hydrogen) atoms. The van der Waals surface area contributed by atoms with Crippen LogP contribution in [0, 0.1) is 17.4 Å². The molecule has 1 aromatic carbocycles. The van der Waals surface area contributed by atoms with Gasteiger partial charge in [-0.2, -0.15) is 4.98 Å². The summed E-state index contributed by atoms with van der Waals surface area (Å²) < 4.78 is 26.4. The summed E-state index contributed by atoms with van der Waals surface area (Å²) in [5.74, 6) is 1.84. The van der Waals surface area contributed by atoms with Crippen LogP contribution in [0.15, 0.2) is 28.8 Å². The Bertz CT molecular complexity index is 1180. The summed E-state index contributed by atoms with van der Waals surface area (Å²) in [5.41, 5.74) is -1.19. The van der Waals surface area contributed by atoms with Crippen LogP contribution in [0.2, 0.25) is 0 Å². The van der Waals surface area contributed by atoms with Gasteiger partial charge in [-0.05, 0) is 69.9 Å². The van der Waals surface area contributed by atoms with E-state index in [1.807, 2.05) is 17.0 Å². The van der Waals surface area contributed by atoms with E-state index in [0.717, 1.165) is 50.0 Å². The van der Waals surface area contributed by atoms with Gasteiger partial charge in [-0.25, -0.2) is 9.24 Å². The molecule has 7 fully saturated rings. The minimum atomic E-state index is -1.14. The third-order valence-electron chi connectivity index (χ3n) is 8.98. The van der Waals surface area contributed by atoms with E-state index in [1.165, 1.54) is 0 Å². The third-order valence-corrected chi connectivity index (χ3v) is 8.98. The van der Waals surface area contributed by atoms with Crippen molar-refractivity contribution in [2.24, 2.45) is 10.8 Å². The number of aromatic nitrogens is 2. The highest BCUT2D eigenvalue weighted by Crippen LogP contribution is 2.70. The number of carbonyl (C=O) groups is 1. The zero-order valence-electron chi connectivity index (χ0n) is 19.1. The average Bonchev–Trinajstić information content (AvgIpc) is 3.56. The van der Waals surface area contributed by atoms with Crippen LogP contribution in [0.1, 0.15) is 75.4 Å². The van der Waals surface area contributed by atoms with Crippen LogP contribution < -0.4 is 4.90 Å². The van der Waals surface area contributed by atoms with E-state index in [4.69, 9.17) is 15.8 Å². The molecule has 0 radical (unpaired) electrons. The van der Waals surface area contributed by atoms with E-state index in [2.05, 4.69) is 15.0 Å². The summed E-state index contributed by atoms with van der Waals surface area (Å²) >= 11 is 0. The second-order valence-electron chi connectivity index (χ2n) is 11.5. The summed E-state index contributed by atoms with van der Waals surface area (Å²) in [7, 11) is 0. The molecule has 7 nitrogen and oxygen atoms in total. The first-order valence-corrected chi connectivity index (χ1v) is 12.3. The summed E-state index contributed by atoms with van der Waals surface area (Å²) in [4.78, 5) is 23.8. The SMILES string of the molecule is [C-]#[N+]c1cccc(N(CC23CCC(c4nc(C5CC5)no4)(CC2)OC3)C(=O)C23CC(F)(C2)C3)c1. The lowest BCUT2D eigenvalue weighted by Gasteiger charge is -2.65. The van der Waals surface area contributed by atoms with Crippen LogP contribution in [0.3, 0.4) is 0 Å². The molecule has 176 valence electrons. The molecule has 7 aliphatic rings. The standard InChI is InChI=1S/C26H27FN4O3/c1-28-18-3-2-4-19(11-18)31(22(32)24-12-25(27,13-24)14-24)15-23-7-9-26(10-8-23,33-16-23)21-29-20(30-34-21)17-5-6-17/h2-4,11,17H,5-10,12-16H2. The Labute approximate surface area is 197 Å². The molecule has 2 aliphatic heterocycles. The Kier molecular flexibility index (Phi) is 4.03. The number of ether oxygens (including phenoxy) is 1. The summed E-state index contributed by atoms with van der Waals surface area (Å²) in [5, 5.41) is 4.19. The first-order valence-electron chi connectivity index (χ1n) is 12.3. The normalized spacial score (nSPS) is 37.4. The van der Waals surface area contributed by atoms with Crippen molar-refractivity contribution >= 4 is 17.3 Å². The van der Waals surface area contributed by atoms with Crippen molar-refractivity contribution in [1.29, 1.82) is 0 Å². The number of hydrogen-bond acceptors (Lipinski definition) is 5. The van der Waals surface area contributed by atoms with Crippen molar-refractivity contribution in [3.05, 3.63) is 47.4 Å². The molecule has 5 saturated carbocycles. The second kappa shape index (κ2) is 6.66. The number of nitrogens with zero attached hydrogens (tertiary/aromatic N) is 4. The van der Waals surface area contributed by atoms with Crippen LogP contribution in [-0.4, -0.2) is 34.9 Å². The van der Waals surface area contributed by atoms with Crippen LogP contribution in [0.4, 0.5) is 15.8 Å². The van der Waals surface area contributed by atoms with Gasteiger partial charge in [0.25, 0.3) is 5.89 Å². The van der Waals surface area contributed by atoms with Gasteiger partial charge < -0.3 is 14.2 Å². The molecule has 0 spiro atoms. The largest absolute Gasteiger partial charge is 0.364 e. The van der Waals surface area contributed by atoms with Crippen molar-refractivity contribution in [2.45, 2.75) is 75.0 Å². The molecule has 3 heterocycles. The smallest absolute Gasteiger partial charge is 0.258 e. The molecule has 0 unspecified atom stereocenters. The minimum Gasteiger partial charge on any atom is -0.364 e. The highest BCUT2D eigenvalue weighted by Gasteiger charge is 2.73. The average molecular weight is 463 g/mol. The zero-order chi connectivity index (χ0) is 23.2. The molecule has 1 aromatic heterocycles. The van der Waals surface area contributed by atoms with Crippen molar-refractivity contribution < 1.29 is 18.4 Å². The van der Waals surface area contributed by atoms with Gasteiger partial charge in [-0.3, -0.25) is 4.79 Å². The summed E-state index contributed by atoms with van der Waals surface area (Å²) in [6, 6.07) is 7.21. The Hall–Kier alpha value is -2.79. The Morgan fingerprint density at radius 1 is 1.21 bits per heavy atom. The van der Waals surface area contributed by atoms with E-state index in [9.17, 15) is 9.18 Å². The number of fused-ring (bicyclic) bond motifs is 3. The zero-order valence-corrected chi connectivity index (χ0v) is 19.1. The van der Waals surface area contributed by atoms with Gasteiger partial charge in [0.1, 0.15) is 11.3 Å². The lowest BCUT2D eigenvalue weighted by atomic mass is 9.41. The monoisotopic (exact) mass is 462 g/mol. The number of benzene rings is 1. The van der Waals surface area contributed by atoms with Gasteiger partial charge in [0.15, 0.2) is 11.5 Å². The molecule has 9 rings (SSSR count). The van der Waals surface area contributed by atoms with Gasteiger partial charge in [-0.1, -0.05) is 17.3 Å². The van der Waals surface area contributed by atoms with E-state index in [0.29, 0.717) is 49.9 Å². The molecule has 8 heteroatoms. The summed E-state index contributed by atoms with van der Waals surface area (Å²) in [6.07, 6.45) is 6.56. The second-order valence-corrected chi connectivity index (χ2v) is 11.5. The van der Waals surface area contributed by atoms with Gasteiger partial charge in [-0.15, -0.1) is 0 Å². The van der Waals surface area contributed by atoms with Crippen LogP contribution in [0.5, 0.6) is 0 Å². The fraction of sp³-hybridized carbons (Fsp3) is 0.615. The number of hydrogen-bond donors (Lipinski definition) is 0. The van der Waals surface area contributed by atoms with E-state index < -0.39 is 16.7 Å². The van der Waals surface area contributed by atoms with Crippen molar-refractivity contribution in [2.75, 3.05) is 18.1 Å². The fourth-order valence-electron chi connectivity index (χ4n) is 6.69. The van der Waals surface area contributed by atoms with E-state index in [1.54, 1.807) is 12.1 Å². The number of amides is 1. The number of carbonyl (C=O) groups excluding carboxylic acids is 1. The molecule has 0 atom stereocenters. The highest BCUT2D eigenvalue weighted by atomic mass is 19.1. The molecular weight excluding hydrogens is 435 g/mol. The fourth-order valence-corrected chi connectivity index (χ4v) is 6.69. The lowest BCUT2D eigenvalue weighted by molar-refractivity contribution is -0.214. The third kappa shape index (κ3) is 2.92. The number of rotatable bonds is 6. The molecule has 0 N–H and O–H groups in total. The topological polar surface area (TPSA) is 72.8 Å².